The maximum Gasteiger partial charge on any atom is 0.256 e. The van der Waals surface area contributed by atoms with Crippen LogP contribution >= 0.6 is 0 Å². The summed E-state index contributed by atoms with van der Waals surface area (Å²) in [5.41, 5.74) is 9.68. The Morgan fingerprint density at radius 2 is 1.73 bits per heavy atom. The molecule has 0 saturated carbocycles. The molecule has 2 heterocycles. The number of terminal acetylenes is 1. The molecule has 3 amide bonds. The smallest absolute Gasteiger partial charge is 0.256 e. The number of nitrogens with one attached hydrogen (secondary N) is 4. The fraction of sp³-hybridized carbons (Fsp3) is 0.258. The molecule has 0 spiro atoms. The molecule has 10 heteroatoms. The first-order valence-corrected chi connectivity index (χ1v) is 12.9. The second-order valence-electron chi connectivity index (χ2n) is 9.09. The van der Waals surface area contributed by atoms with Crippen molar-refractivity contribution < 1.29 is 24.6 Å². The Balaban J connectivity index is 0.00000141. The average Bonchev–Trinajstić information content (AvgIpc) is 3.47. The molecule has 0 fully saturated rings. The minimum Gasteiger partial charge on any atom is -0.394 e. The van der Waals surface area contributed by atoms with Crippen LogP contribution < -0.4 is 21.7 Å². The first-order valence-electron chi connectivity index (χ1n) is 12.9. The fourth-order valence-corrected chi connectivity index (χ4v) is 4.34. The summed E-state index contributed by atoms with van der Waals surface area (Å²) < 4.78 is 0. The predicted octanol–water partition coefficient (Wildman–Crippen LogP) is 2.52. The molecular weight excluding hydrogens is 522 g/mol. The van der Waals surface area contributed by atoms with Gasteiger partial charge >= 0.3 is 0 Å². The zero-order valence-corrected chi connectivity index (χ0v) is 23.6. The highest BCUT2D eigenvalue weighted by Gasteiger charge is 2.27. The van der Waals surface area contributed by atoms with Gasteiger partial charge in [0.15, 0.2) is 0 Å². The van der Waals surface area contributed by atoms with Gasteiger partial charge in [0.1, 0.15) is 0 Å². The molecule has 4 rings (SSSR count). The molecule has 2 aromatic carbocycles. The number of anilines is 1. The van der Waals surface area contributed by atoms with Crippen molar-refractivity contribution in [3.63, 3.8) is 0 Å². The van der Waals surface area contributed by atoms with Crippen LogP contribution in [0, 0.1) is 26.7 Å². The van der Waals surface area contributed by atoms with Crippen molar-refractivity contribution in [2.45, 2.75) is 32.9 Å². The van der Waals surface area contributed by atoms with Gasteiger partial charge in [-0.2, -0.15) is 0 Å². The van der Waals surface area contributed by atoms with Gasteiger partial charge in [0.05, 0.1) is 29.9 Å². The number of fused-ring (bicyclic) bond motifs is 1. The third kappa shape index (κ3) is 7.70. The molecule has 10 nitrogen and oxygen atoms in total. The molecule has 216 valence electrons. The Kier molecular flexibility index (Phi) is 12.0. The van der Waals surface area contributed by atoms with Crippen molar-refractivity contribution in [3.05, 3.63) is 87.7 Å². The van der Waals surface area contributed by atoms with E-state index in [4.69, 9.17) is 5.11 Å². The van der Waals surface area contributed by atoms with Crippen LogP contribution in [0.4, 0.5) is 5.69 Å². The van der Waals surface area contributed by atoms with Crippen molar-refractivity contribution >= 4 is 35.1 Å². The van der Waals surface area contributed by atoms with Crippen molar-refractivity contribution in [1.29, 1.82) is 0 Å². The van der Waals surface area contributed by atoms with E-state index in [1.807, 2.05) is 37.3 Å². The molecule has 2 atom stereocenters. The van der Waals surface area contributed by atoms with Crippen LogP contribution in [-0.2, 0) is 4.79 Å². The monoisotopic (exact) mass is 559 g/mol. The molecule has 1 aliphatic heterocycles. The molecule has 1 aromatic heterocycles. The minimum absolute atomic E-state index is 0.0840. The van der Waals surface area contributed by atoms with Gasteiger partial charge in [0, 0.05) is 34.7 Å². The Labute approximate surface area is 240 Å². The summed E-state index contributed by atoms with van der Waals surface area (Å²) in [5.74, 6) is -0.964. The van der Waals surface area contributed by atoms with Crippen LogP contribution in [-0.4, -0.2) is 59.2 Å². The number of aliphatic hydroxyl groups excluding tert-OH is 2. The molecule has 0 aliphatic carbocycles. The summed E-state index contributed by atoms with van der Waals surface area (Å²) >= 11 is 0. The Bertz CT molecular complexity index is 1430. The summed E-state index contributed by atoms with van der Waals surface area (Å²) in [6.45, 7) is 4.87. The molecule has 0 radical (unpaired) electrons. The number of benzene rings is 2. The van der Waals surface area contributed by atoms with E-state index in [0.29, 0.717) is 44.9 Å². The van der Waals surface area contributed by atoms with E-state index in [-0.39, 0.29) is 24.4 Å². The maximum atomic E-state index is 13.0. The van der Waals surface area contributed by atoms with Gasteiger partial charge in [-0.1, -0.05) is 30.3 Å². The lowest BCUT2D eigenvalue weighted by atomic mass is 10.0. The fourth-order valence-electron chi connectivity index (χ4n) is 4.34. The third-order valence-electron chi connectivity index (χ3n) is 6.41. The van der Waals surface area contributed by atoms with E-state index in [1.54, 1.807) is 38.1 Å². The van der Waals surface area contributed by atoms with Crippen molar-refractivity contribution in [2.75, 3.05) is 25.5 Å². The van der Waals surface area contributed by atoms with E-state index >= 15 is 0 Å². The van der Waals surface area contributed by atoms with E-state index in [1.165, 1.54) is 7.05 Å². The van der Waals surface area contributed by atoms with Crippen LogP contribution in [0.5, 0.6) is 0 Å². The number of aryl methyl sites for hydroxylation is 1. The van der Waals surface area contributed by atoms with Gasteiger partial charge < -0.3 is 36.9 Å². The van der Waals surface area contributed by atoms with Crippen LogP contribution in [0.2, 0.25) is 0 Å². The molecule has 41 heavy (non-hydrogen) atoms. The van der Waals surface area contributed by atoms with Crippen LogP contribution in [0.1, 0.15) is 61.8 Å². The number of hydrogen-bond acceptors (Lipinski definition) is 6. The second kappa shape index (κ2) is 15.2. The number of carbonyl (C=O) groups is 3. The summed E-state index contributed by atoms with van der Waals surface area (Å²) in [4.78, 5) is 41.6. The summed E-state index contributed by atoms with van der Waals surface area (Å²) in [7, 11) is 1.50. The zero-order valence-electron chi connectivity index (χ0n) is 23.6. The zero-order chi connectivity index (χ0) is 30.7. The minimum atomic E-state index is -1.05. The number of rotatable bonds is 8. The van der Waals surface area contributed by atoms with Crippen LogP contribution in [0.3, 0.4) is 0 Å². The van der Waals surface area contributed by atoms with Crippen molar-refractivity contribution in [3.8, 4) is 12.8 Å². The first-order chi connectivity index (χ1) is 19.7. The van der Waals surface area contributed by atoms with E-state index < -0.39 is 18.6 Å². The quantitative estimate of drug-likeness (QED) is 0.165. The van der Waals surface area contributed by atoms with Crippen molar-refractivity contribution in [1.82, 2.24) is 15.6 Å². The highest BCUT2D eigenvalue weighted by atomic mass is 16.3. The van der Waals surface area contributed by atoms with E-state index in [2.05, 4.69) is 39.5 Å². The van der Waals surface area contributed by atoms with Crippen LogP contribution in [0.15, 0.2) is 48.5 Å². The number of carbonyl (C=O) groups excluding carboxylic acids is 3. The van der Waals surface area contributed by atoms with Crippen molar-refractivity contribution in [2.24, 2.45) is 5.73 Å². The topological polar surface area (TPSA) is 170 Å². The molecule has 1 aliphatic rings. The number of nitrogens with two attached hydrogens (primary N) is 1. The van der Waals surface area contributed by atoms with Gasteiger partial charge in [-0.15, -0.1) is 12.8 Å². The largest absolute Gasteiger partial charge is 0.394 e. The number of aromatic amines is 1. The highest BCUT2D eigenvalue weighted by molar-refractivity contribution is 6.35. The highest BCUT2D eigenvalue weighted by Crippen LogP contribution is 2.35. The Hall–Kier alpha value is -4.69. The summed E-state index contributed by atoms with van der Waals surface area (Å²) in [5, 5.41) is 26.9. The van der Waals surface area contributed by atoms with Gasteiger partial charge in [0.25, 0.3) is 17.7 Å². The van der Waals surface area contributed by atoms with Crippen LogP contribution in [0.25, 0.3) is 11.6 Å². The van der Waals surface area contributed by atoms with E-state index in [0.717, 1.165) is 5.56 Å². The molecular formula is C31H37N5O5. The standard InChI is InChI=1S/C28H30N4O5.C2H2.CH5N/c1-15-24(30-17(3)25(15)28(37)29-13-20(34)14-33)12-22-21-11-19(9-10-23(21)32-27(22)36)26(35)31-16(2)18-7-5-4-6-8-18;2*1-2/h4-12,16,20,30,33-34H,13-14H2,1-3H3,(H,29,37)(H,31,35)(H,32,36);1-2H;2H2,1H3/b22-12-;;. The molecule has 0 saturated heterocycles. The number of hydrogen-bond donors (Lipinski definition) is 7. The number of aromatic nitrogens is 1. The summed E-state index contributed by atoms with van der Waals surface area (Å²) in [6.07, 6.45) is 8.61. The van der Waals surface area contributed by atoms with Gasteiger partial charge in [-0.25, -0.2) is 0 Å². The normalized spacial score (nSPS) is 13.9. The molecule has 2 unspecified atom stereocenters. The van der Waals surface area contributed by atoms with E-state index in [9.17, 15) is 19.5 Å². The van der Waals surface area contributed by atoms with Gasteiger partial charge in [-0.05, 0) is 63.2 Å². The predicted molar refractivity (Wildman–Crippen MR) is 161 cm³/mol. The van der Waals surface area contributed by atoms with Gasteiger partial charge in [0.2, 0.25) is 0 Å². The Morgan fingerprint density at radius 3 is 2.37 bits per heavy atom. The molecule has 3 aromatic rings. The third-order valence-corrected chi connectivity index (χ3v) is 6.41. The SMILES string of the molecule is C#C.CN.Cc1[nH]c(/C=C2\C(=O)Nc3ccc(C(=O)NC(C)c4ccccc4)cc32)c(C)c1C(=O)NCC(O)CO. The number of aliphatic hydroxyl groups is 2. The molecule has 0 bridgehead atoms. The maximum absolute atomic E-state index is 13.0. The average molecular weight is 560 g/mol. The number of H-pyrrole nitrogens is 1. The van der Waals surface area contributed by atoms with Gasteiger partial charge in [-0.3, -0.25) is 14.4 Å². The Morgan fingerprint density at radius 1 is 1.07 bits per heavy atom. The lowest BCUT2D eigenvalue weighted by Crippen LogP contribution is -2.34. The summed E-state index contributed by atoms with van der Waals surface area (Å²) in [6, 6.07) is 14.5. The lowest BCUT2D eigenvalue weighted by molar-refractivity contribution is -0.110. The first kappa shape index (κ1) is 32.5. The molecule has 8 N–H and O–H groups in total. The number of amides is 3. The lowest BCUT2D eigenvalue weighted by Gasteiger charge is -2.14. The second-order valence-corrected chi connectivity index (χ2v) is 9.09.